The summed E-state index contributed by atoms with van der Waals surface area (Å²) in [5.74, 6) is -0.209. The number of ether oxygens (including phenoxy) is 3. The average molecular weight is 483 g/mol. The number of hydrogen-bond donors (Lipinski definition) is 1. The van der Waals surface area contributed by atoms with Gasteiger partial charge in [-0.3, -0.25) is 9.59 Å². The van der Waals surface area contributed by atoms with Crippen molar-refractivity contribution in [1.29, 1.82) is 0 Å². The molecule has 1 unspecified atom stereocenters. The molecule has 188 valence electrons. The number of rotatable bonds is 11. The minimum Gasteiger partial charge on any atom is -0.872 e. The zero-order chi connectivity index (χ0) is 25.5. The van der Waals surface area contributed by atoms with Gasteiger partial charge in [-0.15, -0.1) is 0 Å². The summed E-state index contributed by atoms with van der Waals surface area (Å²) >= 11 is 0. The number of quaternary nitrogens is 1. The third-order valence-corrected chi connectivity index (χ3v) is 5.69. The van der Waals surface area contributed by atoms with E-state index >= 15 is 0 Å². The summed E-state index contributed by atoms with van der Waals surface area (Å²) < 4.78 is 16.9. The van der Waals surface area contributed by atoms with Crippen molar-refractivity contribution in [3.8, 4) is 17.2 Å². The summed E-state index contributed by atoms with van der Waals surface area (Å²) in [7, 11) is 3.94. The number of carbonyl (C=O) groups excluding carboxylic acids is 2. The first-order chi connectivity index (χ1) is 16.8. The first-order valence-electron chi connectivity index (χ1n) is 12.0. The highest BCUT2D eigenvalue weighted by Gasteiger charge is 2.44. The monoisotopic (exact) mass is 482 g/mol. The Kier molecular flexibility index (Phi) is 8.76. The van der Waals surface area contributed by atoms with E-state index in [0.717, 1.165) is 4.90 Å². The van der Waals surface area contributed by atoms with Gasteiger partial charge in [-0.1, -0.05) is 24.0 Å². The Morgan fingerprint density at radius 2 is 1.54 bits per heavy atom. The largest absolute Gasteiger partial charge is 0.872 e. The van der Waals surface area contributed by atoms with E-state index in [4.69, 9.17) is 14.2 Å². The number of likely N-dealkylation sites (N-methyl/N-ethyl adjacent to an activating group) is 1. The molecule has 8 nitrogen and oxygen atoms in total. The predicted octanol–water partition coefficient (Wildman–Crippen LogP) is 1.25. The normalized spacial score (nSPS) is 17.2. The Morgan fingerprint density at radius 1 is 0.914 bits per heavy atom. The standard InChI is InChI=1S/C27H34N2O6/c1-6-33-20-12-9-18(10-13-20)25(30)23-24(29(16-15-28(4)5)27(32)26(23)31)19-11-14-21(34-7-2)22(17-19)35-8-3/h9-14,17,24,30H,6-8,15-16H2,1-5H3/b25-23+. The van der Waals surface area contributed by atoms with E-state index in [1.54, 1.807) is 42.5 Å². The van der Waals surface area contributed by atoms with Crippen LogP contribution in [0.1, 0.15) is 37.9 Å². The van der Waals surface area contributed by atoms with Gasteiger partial charge < -0.3 is 29.1 Å². The molecule has 1 heterocycles. The van der Waals surface area contributed by atoms with Crippen LogP contribution in [0.4, 0.5) is 0 Å². The predicted molar refractivity (Wildman–Crippen MR) is 130 cm³/mol. The molecule has 1 atom stereocenters. The van der Waals surface area contributed by atoms with Crippen molar-refractivity contribution in [2.24, 2.45) is 0 Å². The zero-order valence-corrected chi connectivity index (χ0v) is 21.1. The molecule has 3 rings (SSSR count). The summed E-state index contributed by atoms with van der Waals surface area (Å²) in [6, 6.07) is 11.1. The lowest BCUT2D eigenvalue weighted by atomic mass is 9.95. The molecule has 2 aromatic carbocycles. The van der Waals surface area contributed by atoms with Gasteiger partial charge in [-0.05, 0) is 56.2 Å². The van der Waals surface area contributed by atoms with Crippen LogP contribution in [0.5, 0.6) is 17.2 Å². The SMILES string of the molecule is CCOc1ccc(/C([O-])=C2\C(=O)C(=O)N(CC[NH+](C)C)C2c2ccc(OCC)c(OCC)c2)cc1. The Balaban J connectivity index is 2.14. The number of carbonyl (C=O) groups is 2. The van der Waals surface area contributed by atoms with Gasteiger partial charge in [0.25, 0.3) is 5.91 Å². The molecular formula is C27H34N2O6. The van der Waals surface area contributed by atoms with E-state index in [9.17, 15) is 14.7 Å². The van der Waals surface area contributed by atoms with E-state index < -0.39 is 23.5 Å². The number of ketones is 1. The maximum atomic E-state index is 13.6. The fourth-order valence-electron chi connectivity index (χ4n) is 4.05. The van der Waals surface area contributed by atoms with Gasteiger partial charge in [0, 0.05) is 5.57 Å². The first-order valence-corrected chi connectivity index (χ1v) is 12.0. The fourth-order valence-corrected chi connectivity index (χ4v) is 4.05. The van der Waals surface area contributed by atoms with Crippen molar-refractivity contribution in [2.45, 2.75) is 26.8 Å². The van der Waals surface area contributed by atoms with Crippen LogP contribution in [-0.2, 0) is 9.59 Å². The second-order valence-corrected chi connectivity index (χ2v) is 8.46. The van der Waals surface area contributed by atoms with E-state index in [1.807, 2.05) is 34.9 Å². The molecule has 1 aliphatic rings. The maximum Gasteiger partial charge on any atom is 0.295 e. The van der Waals surface area contributed by atoms with Crippen LogP contribution in [0.25, 0.3) is 5.76 Å². The quantitative estimate of drug-likeness (QED) is 0.295. The Hall–Kier alpha value is -3.52. The number of hydrogen-bond acceptors (Lipinski definition) is 6. The van der Waals surface area contributed by atoms with Crippen LogP contribution in [0.3, 0.4) is 0 Å². The highest BCUT2D eigenvalue weighted by Crippen LogP contribution is 2.41. The van der Waals surface area contributed by atoms with Gasteiger partial charge in [-0.2, -0.15) is 0 Å². The van der Waals surface area contributed by atoms with Crippen LogP contribution in [0, 0.1) is 0 Å². The molecule has 2 aromatic rings. The molecule has 0 spiro atoms. The zero-order valence-electron chi connectivity index (χ0n) is 21.1. The highest BCUT2D eigenvalue weighted by molar-refractivity contribution is 6.46. The van der Waals surface area contributed by atoms with Crippen molar-refractivity contribution in [1.82, 2.24) is 4.90 Å². The van der Waals surface area contributed by atoms with Gasteiger partial charge in [0.05, 0.1) is 53.0 Å². The second kappa shape index (κ2) is 11.8. The third-order valence-electron chi connectivity index (χ3n) is 5.69. The number of nitrogens with zero attached hydrogens (tertiary/aromatic N) is 1. The number of amides is 1. The molecule has 1 fully saturated rings. The third kappa shape index (κ3) is 5.77. The lowest BCUT2D eigenvalue weighted by Crippen LogP contribution is -3.06. The van der Waals surface area contributed by atoms with Crippen molar-refractivity contribution in [2.75, 3.05) is 47.0 Å². The molecule has 1 N–H and O–H groups in total. The van der Waals surface area contributed by atoms with Crippen LogP contribution in [-0.4, -0.2) is 63.6 Å². The summed E-state index contributed by atoms with van der Waals surface area (Å²) in [5.41, 5.74) is 0.893. The number of likely N-dealkylation sites (tertiary alicyclic amines) is 1. The van der Waals surface area contributed by atoms with Crippen molar-refractivity contribution < 1.29 is 33.8 Å². The molecule has 0 saturated carbocycles. The number of Topliss-reactive ketones (excluding diaryl/α,β-unsaturated/α-hetero) is 1. The molecule has 1 saturated heterocycles. The van der Waals surface area contributed by atoms with Crippen LogP contribution in [0.2, 0.25) is 0 Å². The average Bonchev–Trinajstić information content (AvgIpc) is 3.09. The minimum absolute atomic E-state index is 0.0560. The van der Waals surface area contributed by atoms with Gasteiger partial charge >= 0.3 is 0 Å². The molecule has 35 heavy (non-hydrogen) atoms. The Labute approximate surface area is 206 Å². The molecule has 1 aliphatic heterocycles. The number of nitrogens with one attached hydrogen (secondary N) is 1. The van der Waals surface area contributed by atoms with Gasteiger partial charge in [0.2, 0.25) is 5.78 Å². The van der Waals surface area contributed by atoms with E-state index in [2.05, 4.69) is 0 Å². The highest BCUT2D eigenvalue weighted by atomic mass is 16.5. The summed E-state index contributed by atoms with van der Waals surface area (Å²) in [5, 5.41) is 13.6. The lowest BCUT2D eigenvalue weighted by molar-refractivity contribution is -0.857. The summed E-state index contributed by atoms with van der Waals surface area (Å²) in [4.78, 5) is 28.9. The summed E-state index contributed by atoms with van der Waals surface area (Å²) in [6.45, 7) is 7.95. The van der Waals surface area contributed by atoms with Gasteiger partial charge in [0.1, 0.15) is 5.75 Å². The molecule has 8 heteroatoms. The van der Waals surface area contributed by atoms with Crippen molar-refractivity contribution >= 4 is 17.4 Å². The lowest BCUT2D eigenvalue weighted by Gasteiger charge is -2.28. The fraction of sp³-hybridized carbons (Fsp3) is 0.407. The number of benzene rings is 2. The molecule has 0 radical (unpaired) electrons. The van der Waals surface area contributed by atoms with Crippen molar-refractivity contribution in [3.63, 3.8) is 0 Å². The second-order valence-electron chi connectivity index (χ2n) is 8.46. The van der Waals surface area contributed by atoms with Gasteiger partial charge in [0.15, 0.2) is 11.5 Å². The summed E-state index contributed by atoms with van der Waals surface area (Å²) in [6.07, 6.45) is 0. The van der Waals surface area contributed by atoms with Crippen LogP contribution >= 0.6 is 0 Å². The van der Waals surface area contributed by atoms with Crippen molar-refractivity contribution in [3.05, 3.63) is 59.2 Å². The minimum atomic E-state index is -0.816. The Bertz CT molecular complexity index is 1080. The molecule has 0 bridgehead atoms. The van der Waals surface area contributed by atoms with Gasteiger partial charge in [-0.25, -0.2) is 0 Å². The first kappa shape index (κ1) is 26.1. The van der Waals surface area contributed by atoms with Crippen LogP contribution in [0.15, 0.2) is 48.0 Å². The smallest absolute Gasteiger partial charge is 0.295 e. The maximum absolute atomic E-state index is 13.6. The van der Waals surface area contributed by atoms with Crippen LogP contribution < -0.4 is 24.2 Å². The van der Waals surface area contributed by atoms with E-state index in [0.29, 0.717) is 61.3 Å². The van der Waals surface area contributed by atoms with E-state index in [-0.39, 0.29) is 5.57 Å². The topological polar surface area (TPSA) is 92.6 Å². The van der Waals surface area contributed by atoms with E-state index in [1.165, 1.54) is 4.90 Å². The molecular weight excluding hydrogens is 448 g/mol. The molecule has 1 amide bonds. The molecule has 0 aliphatic carbocycles. The Morgan fingerprint density at radius 3 is 2.14 bits per heavy atom. The molecule has 0 aromatic heterocycles.